The van der Waals surface area contributed by atoms with E-state index in [2.05, 4.69) is 27.7 Å². The van der Waals surface area contributed by atoms with E-state index in [4.69, 9.17) is 18.9 Å². The smallest absolute Gasteiger partial charge is 0.191 e. The van der Waals surface area contributed by atoms with Gasteiger partial charge >= 0.3 is 0 Å². The summed E-state index contributed by atoms with van der Waals surface area (Å²) in [5.74, 6) is 2.75. The second kappa shape index (κ2) is 10.4. The van der Waals surface area contributed by atoms with Gasteiger partial charge in [-0.25, -0.2) is 0 Å². The van der Waals surface area contributed by atoms with Crippen LogP contribution in [0.2, 0.25) is 0 Å². The monoisotopic (exact) mass is 412 g/mol. The molecule has 0 saturated carbocycles. The Morgan fingerprint density at radius 3 is 2.97 bits per heavy atom. The molecule has 0 radical (unpaired) electrons. The van der Waals surface area contributed by atoms with Crippen molar-refractivity contribution in [1.82, 2.24) is 10.6 Å². The number of furan rings is 1. The molecule has 2 aliphatic heterocycles. The Morgan fingerprint density at radius 1 is 1.23 bits per heavy atom. The molecule has 4 rings (SSSR count). The number of para-hydroxylation sites is 2. The fourth-order valence-electron chi connectivity index (χ4n) is 4.07. The zero-order valence-electron chi connectivity index (χ0n) is 17.7. The number of hydrogen-bond donors (Lipinski definition) is 2. The van der Waals surface area contributed by atoms with E-state index in [-0.39, 0.29) is 6.10 Å². The minimum Gasteiger partial charge on any atom is -0.495 e. The van der Waals surface area contributed by atoms with Crippen LogP contribution in [0.15, 0.2) is 52.1 Å². The van der Waals surface area contributed by atoms with Crippen LogP contribution < -0.4 is 20.3 Å². The SMILES string of the molecule is COc1ccccc1N1CCC(NC(=NCC2CCCO2)NCCc2ccco2)C1. The number of ether oxygens (including phenoxy) is 2. The van der Waals surface area contributed by atoms with Crippen LogP contribution in [-0.2, 0) is 11.2 Å². The second-order valence-electron chi connectivity index (χ2n) is 7.83. The van der Waals surface area contributed by atoms with Gasteiger partial charge < -0.3 is 29.4 Å². The Labute approximate surface area is 178 Å². The second-order valence-corrected chi connectivity index (χ2v) is 7.83. The van der Waals surface area contributed by atoms with Crippen LogP contribution in [0.3, 0.4) is 0 Å². The first-order valence-corrected chi connectivity index (χ1v) is 10.9. The number of rotatable bonds is 8. The van der Waals surface area contributed by atoms with Crippen molar-refractivity contribution in [3.8, 4) is 5.75 Å². The highest BCUT2D eigenvalue weighted by atomic mass is 16.5. The molecule has 1 aromatic heterocycles. The molecule has 0 spiro atoms. The van der Waals surface area contributed by atoms with Gasteiger partial charge in [0.2, 0.25) is 0 Å². The molecule has 0 bridgehead atoms. The predicted molar refractivity (Wildman–Crippen MR) is 118 cm³/mol. The molecular weight excluding hydrogens is 380 g/mol. The van der Waals surface area contributed by atoms with Gasteiger partial charge in [0.1, 0.15) is 11.5 Å². The maximum atomic E-state index is 5.74. The molecular formula is C23H32N4O3. The molecule has 0 amide bonds. The fraction of sp³-hybridized carbons (Fsp3) is 0.522. The van der Waals surface area contributed by atoms with Gasteiger partial charge in [0.05, 0.1) is 31.7 Å². The van der Waals surface area contributed by atoms with Crippen molar-refractivity contribution in [3.63, 3.8) is 0 Å². The third kappa shape index (κ3) is 5.48. The number of anilines is 1. The quantitative estimate of drug-likeness (QED) is 0.513. The number of guanidine groups is 1. The molecule has 7 heteroatoms. The van der Waals surface area contributed by atoms with Crippen molar-refractivity contribution < 1.29 is 13.9 Å². The Bertz CT molecular complexity index is 803. The molecule has 1 aromatic carbocycles. The average molecular weight is 413 g/mol. The molecule has 2 N–H and O–H groups in total. The van der Waals surface area contributed by atoms with Gasteiger partial charge in [-0.2, -0.15) is 0 Å². The highest BCUT2D eigenvalue weighted by Gasteiger charge is 2.25. The predicted octanol–water partition coefficient (Wildman–Crippen LogP) is 2.82. The number of nitrogens with one attached hydrogen (secondary N) is 2. The third-order valence-electron chi connectivity index (χ3n) is 5.68. The van der Waals surface area contributed by atoms with Crippen molar-refractivity contribution in [2.75, 3.05) is 44.8 Å². The maximum absolute atomic E-state index is 5.74. The Morgan fingerprint density at radius 2 is 2.17 bits per heavy atom. The largest absolute Gasteiger partial charge is 0.495 e. The summed E-state index contributed by atoms with van der Waals surface area (Å²) in [7, 11) is 1.73. The lowest BCUT2D eigenvalue weighted by molar-refractivity contribution is 0.117. The third-order valence-corrected chi connectivity index (χ3v) is 5.68. The zero-order chi connectivity index (χ0) is 20.6. The topological polar surface area (TPSA) is 71.3 Å². The van der Waals surface area contributed by atoms with Gasteiger partial charge in [0.15, 0.2) is 5.96 Å². The van der Waals surface area contributed by atoms with Crippen LogP contribution in [0.4, 0.5) is 5.69 Å². The van der Waals surface area contributed by atoms with Crippen LogP contribution >= 0.6 is 0 Å². The Kier molecular flexibility index (Phi) is 7.13. The lowest BCUT2D eigenvalue weighted by Crippen LogP contribution is -2.45. The molecule has 2 unspecified atom stereocenters. The molecule has 3 heterocycles. The summed E-state index contributed by atoms with van der Waals surface area (Å²) in [5.41, 5.74) is 1.15. The number of aliphatic imine (C=N–C) groups is 1. The summed E-state index contributed by atoms with van der Waals surface area (Å²) in [6.45, 7) is 4.22. The minimum atomic E-state index is 0.238. The van der Waals surface area contributed by atoms with E-state index >= 15 is 0 Å². The van der Waals surface area contributed by atoms with Crippen molar-refractivity contribution in [2.45, 2.75) is 37.8 Å². The normalized spacial score (nSPS) is 21.8. The van der Waals surface area contributed by atoms with Gasteiger partial charge in [0, 0.05) is 38.7 Å². The molecule has 2 fully saturated rings. The summed E-state index contributed by atoms with van der Waals surface area (Å²) in [4.78, 5) is 7.19. The lowest BCUT2D eigenvalue weighted by Gasteiger charge is -2.22. The van der Waals surface area contributed by atoms with E-state index in [1.807, 2.05) is 24.3 Å². The van der Waals surface area contributed by atoms with Gasteiger partial charge in [-0.05, 0) is 43.5 Å². The Balaban J connectivity index is 1.34. The molecule has 0 aliphatic carbocycles. The van der Waals surface area contributed by atoms with Gasteiger partial charge in [-0.1, -0.05) is 12.1 Å². The molecule has 2 saturated heterocycles. The van der Waals surface area contributed by atoms with Crippen LogP contribution in [0, 0.1) is 0 Å². The van der Waals surface area contributed by atoms with Crippen molar-refractivity contribution in [3.05, 3.63) is 48.4 Å². The van der Waals surface area contributed by atoms with E-state index in [0.717, 1.165) is 75.1 Å². The standard InChI is InChI=1S/C23H32N4O3/c1-28-22-9-3-2-8-21(22)27-13-11-18(17-27)26-23(25-16-20-7-5-15-30-20)24-12-10-19-6-4-14-29-19/h2-4,6,8-9,14,18,20H,5,7,10-13,15-17H2,1H3,(H2,24,25,26). The van der Waals surface area contributed by atoms with E-state index in [1.54, 1.807) is 13.4 Å². The fourth-order valence-corrected chi connectivity index (χ4v) is 4.07. The first-order chi connectivity index (χ1) is 14.8. The minimum absolute atomic E-state index is 0.238. The summed E-state index contributed by atoms with van der Waals surface area (Å²) < 4.78 is 16.7. The van der Waals surface area contributed by atoms with Crippen LogP contribution in [0.1, 0.15) is 25.0 Å². The van der Waals surface area contributed by atoms with Gasteiger partial charge in [-0.3, -0.25) is 4.99 Å². The Hall–Kier alpha value is -2.67. The van der Waals surface area contributed by atoms with E-state index in [0.29, 0.717) is 12.6 Å². The van der Waals surface area contributed by atoms with Crippen LogP contribution in [0.25, 0.3) is 0 Å². The number of methoxy groups -OCH3 is 1. The van der Waals surface area contributed by atoms with Crippen molar-refractivity contribution >= 4 is 11.6 Å². The first-order valence-electron chi connectivity index (χ1n) is 10.9. The summed E-state index contributed by atoms with van der Waals surface area (Å²) in [6, 6.07) is 12.5. The maximum Gasteiger partial charge on any atom is 0.191 e. The van der Waals surface area contributed by atoms with E-state index in [9.17, 15) is 0 Å². The van der Waals surface area contributed by atoms with Crippen molar-refractivity contribution in [2.24, 2.45) is 4.99 Å². The number of benzene rings is 1. The summed E-state index contributed by atoms with van der Waals surface area (Å²) in [6.07, 6.45) is 6.05. The summed E-state index contributed by atoms with van der Waals surface area (Å²) >= 11 is 0. The number of nitrogens with zero attached hydrogens (tertiary/aromatic N) is 2. The zero-order valence-corrected chi connectivity index (χ0v) is 17.7. The molecule has 7 nitrogen and oxygen atoms in total. The summed E-state index contributed by atoms with van der Waals surface area (Å²) in [5, 5.41) is 7.09. The first kappa shape index (κ1) is 20.6. The van der Waals surface area contributed by atoms with Gasteiger partial charge in [0.25, 0.3) is 0 Å². The average Bonchev–Trinajstić information content (AvgIpc) is 3.55. The molecule has 2 aliphatic rings. The van der Waals surface area contributed by atoms with Crippen LogP contribution in [0.5, 0.6) is 5.75 Å². The molecule has 2 atom stereocenters. The van der Waals surface area contributed by atoms with Crippen LogP contribution in [-0.4, -0.2) is 58.0 Å². The van der Waals surface area contributed by atoms with Crippen molar-refractivity contribution in [1.29, 1.82) is 0 Å². The highest BCUT2D eigenvalue weighted by molar-refractivity contribution is 5.80. The molecule has 162 valence electrons. The van der Waals surface area contributed by atoms with E-state index < -0.39 is 0 Å². The molecule has 30 heavy (non-hydrogen) atoms. The number of hydrogen-bond acceptors (Lipinski definition) is 5. The highest BCUT2D eigenvalue weighted by Crippen LogP contribution is 2.30. The van der Waals surface area contributed by atoms with Gasteiger partial charge in [-0.15, -0.1) is 0 Å². The van der Waals surface area contributed by atoms with E-state index in [1.165, 1.54) is 0 Å². The molecule has 2 aromatic rings. The lowest BCUT2D eigenvalue weighted by atomic mass is 10.2.